The van der Waals surface area contributed by atoms with Crippen molar-refractivity contribution in [1.82, 2.24) is 0 Å². The Labute approximate surface area is 93.2 Å². The van der Waals surface area contributed by atoms with Crippen LogP contribution in [0.15, 0.2) is 30.3 Å². The van der Waals surface area contributed by atoms with Crippen molar-refractivity contribution in [2.45, 2.75) is 6.10 Å². The van der Waals surface area contributed by atoms with Crippen molar-refractivity contribution in [3.05, 3.63) is 35.9 Å². The van der Waals surface area contributed by atoms with Crippen LogP contribution in [0.3, 0.4) is 0 Å². The number of rotatable bonds is 4. The summed E-state index contributed by atoms with van der Waals surface area (Å²) >= 11 is 5.16. The molecule has 0 aliphatic carbocycles. The molecule has 1 rings (SSSR count). The summed E-state index contributed by atoms with van der Waals surface area (Å²) in [7, 11) is -3.84. The predicted octanol–water partition coefficient (Wildman–Crippen LogP) is 1.79. The van der Waals surface area contributed by atoms with Crippen molar-refractivity contribution in [3.63, 3.8) is 0 Å². The van der Waals surface area contributed by atoms with Crippen molar-refractivity contribution >= 4 is 21.7 Å². The Morgan fingerprint density at radius 3 is 2.47 bits per heavy atom. The lowest BCUT2D eigenvalue weighted by atomic mass is 10.1. The number of nitrogens with zero attached hydrogens (tertiary/aromatic N) is 1. The van der Waals surface area contributed by atoms with Gasteiger partial charge in [0.2, 0.25) is 0 Å². The van der Waals surface area contributed by atoms with Crippen molar-refractivity contribution in [2.75, 3.05) is 5.21 Å². The minimum Gasteiger partial charge on any atom is -0.245 e. The van der Waals surface area contributed by atoms with Gasteiger partial charge in [-0.05, 0) is 5.56 Å². The second kappa shape index (κ2) is 5.12. The van der Waals surface area contributed by atoms with Crippen molar-refractivity contribution < 1.29 is 12.6 Å². The van der Waals surface area contributed by atoms with Gasteiger partial charge < -0.3 is 0 Å². The lowest BCUT2D eigenvalue weighted by molar-refractivity contribution is 0.270. The van der Waals surface area contributed by atoms with E-state index in [1.165, 1.54) is 0 Å². The van der Waals surface area contributed by atoms with E-state index in [0.717, 1.165) is 0 Å². The van der Waals surface area contributed by atoms with Gasteiger partial charge in [0, 0.05) is 0 Å². The highest BCUT2D eigenvalue weighted by Crippen LogP contribution is 2.19. The summed E-state index contributed by atoms with van der Waals surface area (Å²) in [6, 6.07) is 10.1. The highest BCUT2D eigenvalue weighted by molar-refractivity contribution is 7.87. The third-order valence-electron chi connectivity index (χ3n) is 1.60. The summed E-state index contributed by atoms with van der Waals surface area (Å²) in [5, 5.41) is 8.09. The van der Waals surface area contributed by atoms with Crippen LogP contribution in [0.1, 0.15) is 11.7 Å². The largest absolute Gasteiger partial charge is 0.283 e. The van der Waals surface area contributed by atoms with Gasteiger partial charge in [0.05, 0.1) is 0 Å². The van der Waals surface area contributed by atoms with Crippen LogP contribution in [-0.4, -0.2) is 13.6 Å². The van der Waals surface area contributed by atoms with E-state index in [2.05, 4.69) is 4.18 Å². The van der Waals surface area contributed by atoms with Gasteiger partial charge in [-0.2, -0.15) is 13.7 Å². The quantitative estimate of drug-likeness (QED) is 0.599. The molecule has 0 fully saturated rings. The van der Waals surface area contributed by atoms with Gasteiger partial charge in [-0.25, -0.2) is 4.18 Å². The Hall–Kier alpha value is -1.09. The molecule has 0 aromatic heterocycles. The molecule has 15 heavy (non-hydrogen) atoms. The maximum Gasteiger partial charge on any atom is 0.283 e. The van der Waals surface area contributed by atoms with Crippen LogP contribution in [0.5, 0.6) is 0 Å². The zero-order chi connectivity index (χ0) is 11.3. The third kappa shape index (κ3) is 3.51. The molecule has 1 aromatic rings. The summed E-state index contributed by atoms with van der Waals surface area (Å²) in [6.45, 7) is 0. The molecule has 4 nitrogen and oxygen atoms in total. The molecule has 0 saturated carbocycles. The normalized spacial score (nSPS) is 13.1. The van der Waals surface area contributed by atoms with Gasteiger partial charge >= 0.3 is 0 Å². The topological polar surface area (TPSA) is 67.2 Å². The number of halogens is 1. The molecule has 6 heteroatoms. The molecular formula is C9H8ClNO3S. The Morgan fingerprint density at radius 1 is 1.40 bits per heavy atom. The Balaban J connectivity index is 2.89. The predicted molar refractivity (Wildman–Crippen MR) is 55.5 cm³/mol. The molecule has 1 atom stereocenters. The fraction of sp³-hybridized carbons (Fsp3) is 0.222. The van der Waals surface area contributed by atoms with Gasteiger partial charge in [0.1, 0.15) is 11.3 Å². The minimum atomic E-state index is -3.84. The molecule has 0 aliphatic heterocycles. The fourth-order valence-corrected chi connectivity index (χ4v) is 1.60. The van der Waals surface area contributed by atoms with Crippen LogP contribution in [0.2, 0.25) is 0 Å². The van der Waals surface area contributed by atoms with E-state index < -0.39 is 21.4 Å². The second-order valence-corrected chi connectivity index (χ2v) is 4.86. The molecule has 1 aromatic carbocycles. The smallest absolute Gasteiger partial charge is 0.245 e. The van der Waals surface area contributed by atoms with Gasteiger partial charge in [0.25, 0.3) is 10.1 Å². The van der Waals surface area contributed by atoms with E-state index in [0.29, 0.717) is 5.56 Å². The second-order valence-electron chi connectivity index (χ2n) is 2.68. The lowest BCUT2D eigenvalue weighted by Gasteiger charge is -2.08. The third-order valence-corrected chi connectivity index (χ3v) is 3.15. The minimum absolute atomic E-state index is 0.480. The van der Waals surface area contributed by atoms with Gasteiger partial charge in [-0.3, -0.25) is 0 Å². The monoisotopic (exact) mass is 245 g/mol. The molecule has 0 amide bonds. The van der Waals surface area contributed by atoms with Crippen LogP contribution < -0.4 is 0 Å². The Kier molecular flexibility index (Phi) is 4.09. The zero-order valence-corrected chi connectivity index (χ0v) is 9.20. The van der Waals surface area contributed by atoms with Gasteiger partial charge in [-0.1, -0.05) is 30.3 Å². The zero-order valence-electron chi connectivity index (χ0n) is 7.63. The Bertz CT molecular complexity index is 452. The lowest BCUT2D eigenvalue weighted by Crippen LogP contribution is -2.11. The fourth-order valence-electron chi connectivity index (χ4n) is 0.952. The molecule has 80 valence electrons. The first kappa shape index (κ1) is 12.0. The summed E-state index contributed by atoms with van der Waals surface area (Å²) in [5.74, 6) is 0. The van der Waals surface area contributed by atoms with Gasteiger partial charge in [0.15, 0.2) is 6.10 Å². The highest BCUT2D eigenvalue weighted by Gasteiger charge is 2.19. The van der Waals surface area contributed by atoms with Crippen LogP contribution in [0.4, 0.5) is 0 Å². The van der Waals surface area contributed by atoms with Crippen molar-refractivity contribution in [2.24, 2.45) is 0 Å². The average Bonchev–Trinajstić information content (AvgIpc) is 2.27. The summed E-state index contributed by atoms with van der Waals surface area (Å²) in [5.41, 5.74) is 0.480. The number of alkyl halides is 1. The first-order valence-corrected chi connectivity index (χ1v) is 6.12. The SMILES string of the molecule is N#C[C@H](OS(=O)(=O)CCl)c1ccccc1. The first-order chi connectivity index (χ1) is 7.09. The summed E-state index contributed by atoms with van der Waals surface area (Å²) < 4.78 is 26.7. The van der Waals surface area contributed by atoms with E-state index >= 15 is 0 Å². The molecule has 0 saturated heterocycles. The van der Waals surface area contributed by atoms with Gasteiger partial charge in [-0.15, -0.1) is 11.6 Å². The molecule has 0 spiro atoms. The molecule has 0 N–H and O–H groups in total. The number of hydrogen-bond acceptors (Lipinski definition) is 4. The summed E-state index contributed by atoms with van der Waals surface area (Å²) in [6.07, 6.45) is -1.14. The molecule has 0 heterocycles. The maximum atomic E-state index is 11.0. The van der Waals surface area contributed by atoms with E-state index in [9.17, 15) is 8.42 Å². The molecule has 0 radical (unpaired) electrons. The van der Waals surface area contributed by atoms with E-state index in [1.807, 2.05) is 0 Å². The van der Waals surface area contributed by atoms with E-state index in [-0.39, 0.29) is 0 Å². The average molecular weight is 246 g/mol. The van der Waals surface area contributed by atoms with E-state index in [1.54, 1.807) is 36.4 Å². The number of nitriles is 1. The maximum absolute atomic E-state index is 11.0. The standard InChI is InChI=1S/C9H8ClNO3S/c10-7-15(12,13)14-9(6-11)8-4-2-1-3-5-8/h1-5,9H,7H2/t9-/m0/s1. The molecule has 0 bridgehead atoms. The van der Waals surface area contributed by atoms with Crippen molar-refractivity contribution in [1.29, 1.82) is 5.26 Å². The first-order valence-electron chi connectivity index (χ1n) is 4.00. The van der Waals surface area contributed by atoms with E-state index in [4.69, 9.17) is 16.9 Å². The van der Waals surface area contributed by atoms with Crippen LogP contribution in [0.25, 0.3) is 0 Å². The van der Waals surface area contributed by atoms with Crippen molar-refractivity contribution in [3.8, 4) is 6.07 Å². The number of hydrogen-bond donors (Lipinski definition) is 0. The molecule has 0 unspecified atom stereocenters. The molecule has 0 aliphatic rings. The molecular weight excluding hydrogens is 238 g/mol. The Morgan fingerprint density at radius 2 is 2.00 bits per heavy atom. The highest BCUT2D eigenvalue weighted by atomic mass is 35.5. The summed E-state index contributed by atoms with van der Waals surface area (Å²) in [4.78, 5) is 0. The van der Waals surface area contributed by atoms with Crippen LogP contribution in [-0.2, 0) is 14.3 Å². The number of benzene rings is 1. The van der Waals surface area contributed by atoms with Crippen LogP contribution >= 0.6 is 11.6 Å². The van der Waals surface area contributed by atoms with Crippen LogP contribution in [0, 0.1) is 11.3 Å².